The number of carbonyl (C=O) groups is 1. The van der Waals surface area contributed by atoms with E-state index in [1.54, 1.807) is 29.4 Å². The predicted molar refractivity (Wildman–Crippen MR) is 115 cm³/mol. The smallest absolute Gasteiger partial charge is 0.251 e. The number of sulfonamides is 1. The standard InChI is InChI=1S/C21H32N2O3S2/c1-17-10-11-18(21(24)22-12-15-27-19-8-4-5-9-19)16-20(17)28(25,26)23-13-6-2-3-7-14-23/h10-11,16,19H,2-9,12-15H2,1H3,(H,22,24). The molecule has 1 aliphatic heterocycles. The number of rotatable bonds is 7. The molecule has 1 saturated heterocycles. The largest absolute Gasteiger partial charge is 0.351 e. The van der Waals surface area contributed by atoms with Gasteiger partial charge in [-0.3, -0.25) is 4.79 Å². The Bertz CT molecular complexity index is 766. The molecule has 2 aliphatic rings. The van der Waals surface area contributed by atoms with Crippen LogP contribution in [0.4, 0.5) is 0 Å². The van der Waals surface area contributed by atoms with Gasteiger partial charge in [0.1, 0.15) is 0 Å². The Labute approximate surface area is 173 Å². The summed E-state index contributed by atoms with van der Waals surface area (Å²) in [5, 5.41) is 3.68. The molecule has 1 N–H and O–H groups in total. The van der Waals surface area contributed by atoms with Crippen LogP contribution in [0.1, 0.15) is 67.3 Å². The third kappa shape index (κ3) is 5.51. The number of nitrogens with zero attached hydrogens (tertiary/aromatic N) is 1. The molecule has 1 aliphatic carbocycles. The molecule has 2 fully saturated rings. The van der Waals surface area contributed by atoms with Crippen molar-refractivity contribution >= 4 is 27.7 Å². The van der Waals surface area contributed by atoms with Crippen LogP contribution >= 0.6 is 11.8 Å². The monoisotopic (exact) mass is 424 g/mol. The Morgan fingerprint density at radius 3 is 2.46 bits per heavy atom. The molecule has 0 atom stereocenters. The van der Waals surface area contributed by atoms with Gasteiger partial charge < -0.3 is 5.32 Å². The van der Waals surface area contributed by atoms with Crippen molar-refractivity contribution in [3.63, 3.8) is 0 Å². The lowest BCUT2D eigenvalue weighted by atomic mass is 10.1. The van der Waals surface area contributed by atoms with E-state index in [4.69, 9.17) is 0 Å². The van der Waals surface area contributed by atoms with E-state index in [9.17, 15) is 13.2 Å². The number of thioether (sulfide) groups is 1. The second-order valence-electron chi connectivity index (χ2n) is 7.83. The van der Waals surface area contributed by atoms with E-state index >= 15 is 0 Å². The second kappa shape index (κ2) is 10.1. The van der Waals surface area contributed by atoms with Crippen LogP contribution in [0.15, 0.2) is 23.1 Å². The summed E-state index contributed by atoms with van der Waals surface area (Å²) in [5.74, 6) is 0.709. The molecule has 1 aromatic rings. The average molecular weight is 425 g/mol. The third-order valence-electron chi connectivity index (χ3n) is 5.68. The Morgan fingerprint density at radius 1 is 1.11 bits per heavy atom. The minimum Gasteiger partial charge on any atom is -0.351 e. The summed E-state index contributed by atoms with van der Waals surface area (Å²) in [6.07, 6.45) is 9.17. The first-order chi connectivity index (χ1) is 13.5. The highest BCUT2D eigenvalue weighted by Gasteiger charge is 2.27. The summed E-state index contributed by atoms with van der Waals surface area (Å²) >= 11 is 1.93. The first kappa shape index (κ1) is 21.7. The van der Waals surface area contributed by atoms with E-state index in [0.717, 1.165) is 36.7 Å². The first-order valence-corrected chi connectivity index (χ1v) is 13.0. The molecule has 0 radical (unpaired) electrons. The van der Waals surface area contributed by atoms with Gasteiger partial charge in [0.2, 0.25) is 10.0 Å². The van der Waals surface area contributed by atoms with Crippen LogP contribution in [0.5, 0.6) is 0 Å². The summed E-state index contributed by atoms with van der Waals surface area (Å²) in [4.78, 5) is 12.8. The number of hydrogen-bond acceptors (Lipinski definition) is 4. The molecular weight excluding hydrogens is 392 g/mol. The zero-order chi connectivity index (χ0) is 20.0. The van der Waals surface area contributed by atoms with Crippen LogP contribution < -0.4 is 5.32 Å². The Hall–Kier alpha value is -1.05. The molecule has 5 nitrogen and oxygen atoms in total. The second-order valence-corrected chi connectivity index (χ2v) is 11.1. The summed E-state index contributed by atoms with van der Waals surface area (Å²) in [6, 6.07) is 5.01. The maximum absolute atomic E-state index is 13.1. The molecule has 1 saturated carbocycles. The van der Waals surface area contributed by atoms with E-state index in [-0.39, 0.29) is 10.8 Å². The van der Waals surface area contributed by atoms with Crippen molar-refractivity contribution in [3.8, 4) is 0 Å². The van der Waals surface area contributed by atoms with Gasteiger partial charge in [0, 0.05) is 36.2 Å². The molecule has 0 unspecified atom stereocenters. The predicted octanol–water partition coefficient (Wildman–Crippen LogP) is 3.97. The maximum Gasteiger partial charge on any atom is 0.251 e. The number of amides is 1. The van der Waals surface area contributed by atoms with Gasteiger partial charge in [0.05, 0.1) is 4.90 Å². The van der Waals surface area contributed by atoms with Crippen LogP contribution in [-0.2, 0) is 10.0 Å². The summed E-state index contributed by atoms with van der Waals surface area (Å²) in [7, 11) is -3.56. The highest BCUT2D eigenvalue weighted by molar-refractivity contribution is 7.99. The zero-order valence-corrected chi connectivity index (χ0v) is 18.4. The maximum atomic E-state index is 13.1. The van der Waals surface area contributed by atoms with Crippen molar-refractivity contribution < 1.29 is 13.2 Å². The van der Waals surface area contributed by atoms with Gasteiger partial charge in [-0.25, -0.2) is 8.42 Å². The van der Waals surface area contributed by atoms with E-state index in [2.05, 4.69) is 5.32 Å². The minimum atomic E-state index is -3.56. The lowest BCUT2D eigenvalue weighted by molar-refractivity contribution is 0.0956. The normalized spacial score (nSPS) is 19.5. The van der Waals surface area contributed by atoms with Gasteiger partial charge in [-0.2, -0.15) is 16.1 Å². The average Bonchev–Trinajstić information content (AvgIpc) is 3.04. The minimum absolute atomic E-state index is 0.195. The quantitative estimate of drug-likeness (QED) is 0.673. The molecule has 28 heavy (non-hydrogen) atoms. The molecule has 0 spiro atoms. The third-order valence-corrected chi connectivity index (χ3v) is 9.10. The summed E-state index contributed by atoms with van der Waals surface area (Å²) in [6.45, 7) is 3.54. The van der Waals surface area contributed by atoms with Gasteiger partial charge in [-0.15, -0.1) is 0 Å². The van der Waals surface area contributed by atoms with Gasteiger partial charge in [-0.05, 0) is 50.3 Å². The van der Waals surface area contributed by atoms with Gasteiger partial charge >= 0.3 is 0 Å². The molecule has 3 rings (SSSR count). The summed E-state index contributed by atoms with van der Waals surface area (Å²) in [5.41, 5.74) is 1.11. The van der Waals surface area contributed by atoms with Crippen molar-refractivity contribution in [1.29, 1.82) is 0 Å². The van der Waals surface area contributed by atoms with Crippen LogP contribution in [-0.4, -0.2) is 49.3 Å². The van der Waals surface area contributed by atoms with Crippen molar-refractivity contribution in [3.05, 3.63) is 29.3 Å². The Kier molecular flexibility index (Phi) is 7.83. The number of carbonyl (C=O) groups excluding carboxylic acids is 1. The highest BCUT2D eigenvalue weighted by atomic mass is 32.2. The number of nitrogens with one attached hydrogen (secondary N) is 1. The molecule has 1 aromatic carbocycles. The van der Waals surface area contributed by atoms with Crippen LogP contribution in [0.2, 0.25) is 0 Å². The molecule has 0 bridgehead atoms. The van der Waals surface area contributed by atoms with Crippen LogP contribution in [0.3, 0.4) is 0 Å². The van der Waals surface area contributed by atoms with E-state index < -0.39 is 10.0 Å². The number of hydrogen-bond donors (Lipinski definition) is 1. The van der Waals surface area contributed by atoms with Crippen LogP contribution in [0.25, 0.3) is 0 Å². The van der Waals surface area contributed by atoms with Crippen molar-refractivity contribution in [2.24, 2.45) is 0 Å². The van der Waals surface area contributed by atoms with Crippen LogP contribution in [0, 0.1) is 6.92 Å². The van der Waals surface area contributed by atoms with Crippen molar-refractivity contribution in [2.75, 3.05) is 25.4 Å². The van der Waals surface area contributed by atoms with E-state index in [1.165, 1.54) is 25.7 Å². The molecular formula is C21H32N2O3S2. The highest BCUT2D eigenvalue weighted by Crippen LogP contribution is 2.29. The fourth-order valence-corrected chi connectivity index (χ4v) is 6.98. The number of aryl methyl sites for hydroxylation is 1. The SMILES string of the molecule is Cc1ccc(C(=O)NCCSC2CCCC2)cc1S(=O)(=O)N1CCCCCC1. The number of benzene rings is 1. The zero-order valence-electron chi connectivity index (χ0n) is 16.8. The molecule has 156 valence electrons. The Balaban J connectivity index is 1.63. The molecule has 1 heterocycles. The lowest BCUT2D eigenvalue weighted by Gasteiger charge is -2.21. The first-order valence-electron chi connectivity index (χ1n) is 10.5. The molecule has 0 aromatic heterocycles. The van der Waals surface area contributed by atoms with E-state index in [1.807, 2.05) is 11.8 Å². The van der Waals surface area contributed by atoms with Crippen molar-refractivity contribution in [2.45, 2.75) is 68.4 Å². The Morgan fingerprint density at radius 2 is 1.79 bits per heavy atom. The van der Waals surface area contributed by atoms with Gasteiger partial charge in [0.25, 0.3) is 5.91 Å². The lowest BCUT2D eigenvalue weighted by Crippen LogP contribution is -2.33. The van der Waals surface area contributed by atoms with Crippen molar-refractivity contribution in [1.82, 2.24) is 9.62 Å². The molecule has 7 heteroatoms. The fraction of sp³-hybridized carbons (Fsp3) is 0.667. The van der Waals surface area contributed by atoms with Gasteiger partial charge in [-0.1, -0.05) is 31.7 Å². The fourth-order valence-electron chi connectivity index (χ4n) is 3.99. The van der Waals surface area contributed by atoms with Gasteiger partial charge in [0.15, 0.2) is 0 Å². The molecule has 1 amide bonds. The topological polar surface area (TPSA) is 66.5 Å². The summed E-state index contributed by atoms with van der Waals surface area (Å²) < 4.78 is 27.9. The van der Waals surface area contributed by atoms with E-state index in [0.29, 0.717) is 30.8 Å².